The molecule has 0 fully saturated rings. The lowest BCUT2D eigenvalue weighted by Gasteiger charge is -2.11. The lowest BCUT2D eigenvalue weighted by Crippen LogP contribution is -2.08. The van der Waals surface area contributed by atoms with Crippen LogP contribution >= 0.6 is 0 Å². The summed E-state index contributed by atoms with van der Waals surface area (Å²) in [5.74, 6) is -0.113. The highest BCUT2D eigenvalue weighted by molar-refractivity contribution is 7.86. The van der Waals surface area contributed by atoms with E-state index in [4.69, 9.17) is 14.0 Å². The predicted molar refractivity (Wildman–Crippen MR) is 292 cm³/mol. The molecule has 384 valence electrons. The van der Waals surface area contributed by atoms with Gasteiger partial charge < -0.3 is 19.9 Å². The molecule has 0 aliphatic rings. The Morgan fingerprint density at radius 2 is 0.920 bits per heavy atom. The van der Waals surface area contributed by atoms with E-state index in [1.54, 1.807) is 36.4 Å². The van der Waals surface area contributed by atoms with Crippen molar-refractivity contribution in [3.05, 3.63) is 161 Å². The fourth-order valence-corrected chi connectivity index (χ4v) is 8.78. The topological polar surface area (TPSA) is 258 Å². The van der Waals surface area contributed by atoms with Crippen LogP contribution in [0.4, 0.5) is 56.9 Å². The van der Waals surface area contributed by atoms with Gasteiger partial charge in [0.1, 0.15) is 22.9 Å². The van der Waals surface area contributed by atoms with Crippen LogP contribution in [0.1, 0.15) is 40.7 Å². The van der Waals surface area contributed by atoms with E-state index in [0.29, 0.717) is 62.2 Å². The van der Waals surface area contributed by atoms with E-state index in [2.05, 4.69) is 46.2 Å². The van der Waals surface area contributed by atoms with Crippen molar-refractivity contribution in [3.8, 4) is 17.2 Å². The highest BCUT2D eigenvalue weighted by Crippen LogP contribution is 2.41. The van der Waals surface area contributed by atoms with Crippen LogP contribution in [0.2, 0.25) is 0 Å². The van der Waals surface area contributed by atoms with Crippen molar-refractivity contribution in [3.63, 3.8) is 0 Å². The first-order chi connectivity index (χ1) is 35.9. The Hall–Kier alpha value is -8.30. The van der Waals surface area contributed by atoms with Crippen LogP contribution in [0.15, 0.2) is 174 Å². The third kappa shape index (κ3) is 14.3. The summed E-state index contributed by atoms with van der Waals surface area (Å²) in [7, 11) is -8.32. The number of aromatic hydroxyl groups is 1. The van der Waals surface area contributed by atoms with Crippen molar-refractivity contribution < 1.29 is 40.5 Å². The predicted octanol–water partition coefficient (Wildman–Crippen LogP) is 16.0. The molecule has 0 saturated heterocycles. The minimum Gasteiger partial charge on any atom is -0.505 e. The van der Waals surface area contributed by atoms with Gasteiger partial charge in [0.05, 0.1) is 58.8 Å². The molecule has 0 saturated carbocycles. The SMILES string of the molecule is Cc1cc(N=Nc2cc(C)c(N=Nc3cc(C)c(N=Nc4ccc5cc(Nc6ccccc6)ccc5c4O)cc3C)cc2C)c(OCCCS(=O)(=O)O)cc1N=Nc1ccc2cccc(OCCCS(=O)(=O)O)c2c1. The van der Waals surface area contributed by atoms with Crippen molar-refractivity contribution in [1.29, 1.82) is 0 Å². The average Bonchev–Trinajstić information content (AvgIpc) is 3.37. The minimum atomic E-state index is -4.21. The molecular formula is C55H53N9O9S2. The van der Waals surface area contributed by atoms with Crippen LogP contribution in [-0.2, 0) is 20.2 Å². The van der Waals surface area contributed by atoms with Crippen molar-refractivity contribution in [2.45, 2.75) is 47.5 Å². The Labute approximate surface area is 434 Å². The molecule has 0 aliphatic carbocycles. The molecule has 0 unspecified atom stereocenters. The largest absolute Gasteiger partial charge is 0.505 e. The van der Waals surface area contributed by atoms with E-state index < -0.39 is 31.7 Å². The third-order valence-electron chi connectivity index (χ3n) is 11.8. The van der Waals surface area contributed by atoms with Crippen LogP contribution in [0, 0.1) is 34.6 Å². The third-order valence-corrected chi connectivity index (χ3v) is 13.5. The van der Waals surface area contributed by atoms with Crippen LogP contribution < -0.4 is 14.8 Å². The van der Waals surface area contributed by atoms with E-state index >= 15 is 0 Å². The fraction of sp³-hybridized carbons (Fsp3) is 0.200. The first kappa shape index (κ1) is 53.0. The Morgan fingerprint density at radius 1 is 0.427 bits per heavy atom. The molecule has 75 heavy (non-hydrogen) atoms. The Balaban J connectivity index is 0.971. The van der Waals surface area contributed by atoms with Gasteiger partial charge in [-0.05, 0) is 171 Å². The van der Waals surface area contributed by atoms with Crippen LogP contribution in [0.5, 0.6) is 17.2 Å². The van der Waals surface area contributed by atoms with Gasteiger partial charge in [-0.2, -0.15) is 47.5 Å². The highest BCUT2D eigenvalue weighted by Gasteiger charge is 2.14. The summed E-state index contributed by atoms with van der Waals surface area (Å²) in [5.41, 5.74) is 9.81. The quantitative estimate of drug-likeness (QED) is 0.0319. The lowest BCUT2D eigenvalue weighted by atomic mass is 10.1. The lowest BCUT2D eigenvalue weighted by molar-refractivity contribution is 0.317. The van der Waals surface area contributed by atoms with Gasteiger partial charge in [-0.15, -0.1) is 10.2 Å². The maximum absolute atomic E-state index is 11.4. The van der Waals surface area contributed by atoms with Crippen LogP contribution in [0.25, 0.3) is 21.5 Å². The molecule has 4 N–H and O–H groups in total. The Morgan fingerprint density at radius 3 is 1.49 bits per heavy atom. The number of anilines is 2. The zero-order chi connectivity index (χ0) is 53.3. The molecule has 0 spiro atoms. The second-order valence-corrected chi connectivity index (χ2v) is 20.9. The molecular weight excluding hydrogens is 995 g/mol. The van der Waals surface area contributed by atoms with Gasteiger partial charge in [0.2, 0.25) is 0 Å². The number of phenols is 1. The van der Waals surface area contributed by atoms with Crippen molar-refractivity contribution in [2.24, 2.45) is 40.9 Å². The van der Waals surface area contributed by atoms with Crippen molar-refractivity contribution in [2.75, 3.05) is 30.0 Å². The number of benzene rings is 8. The molecule has 0 atom stereocenters. The minimum absolute atomic E-state index is 0.00733. The molecule has 0 aliphatic heterocycles. The first-order valence-corrected chi connectivity index (χ1v) is 26.9. The van der Waals surface area contributed by atoms with Gasteiger partial charge in [-0.1, -0.05) is 42.5 Å². The number of para-hydroxylation sites is 1. The molecule has 0 heterocycles. The van der Waals surface area contributed by atoms with E-state index in [0.717, 1.165) is 49.8 Å². The number of ether oxygens (including phenoxy) is 2. The maximum Gasteiger partial charge on any atom is 0.264 e. The van der Waals surface area contributed by atoms with E-state index in [1.165, 1.54) is 0 Å². The zero-order valence-corrected chi connectivity index (χ0v) is 43.3. The summed E-state index contributed by atoms with van der Waals surface area (Å²) in [6.45, 7) is 9.42. The highest BCUT2D eigenvalue weighted by atomic mass is 32.2. The van der Waals surface area contributed by atoms with Crippen LogP contribution in [-0.4, -0.2) is 55.8 Å². The summed E-state index contributed by atoms with van der Waals surface area (Å²) in [4.78, 5) is 0. The van der Waals surface area contributed by atoms with E-state index in [1.807, 2.05) is 132 Å². The summed E-state index contributed by atoms with van der Waals surface area (Å²) in [6.07, 6.45) is 0.114. The van der Waals surface area contributed by atoms with E-state index in [9.17, 15) is 26.5 Å². The zero-order valence-electron chi connectivity index (χ0n) is 41.6. The number of rotatable bonds is 20. The molecule has 8 aromatic rings. The molecule has 0 aromatic heterocycles. The van der Waals surface area contributed by atoms with Gasteiger partial charge in [0, 0.05) is 28.2 Å². The fourth-order valence-electron chi connectivity index (χ4n) is 7.82. The number of hydrogen-bond acceptors (Lipinski definition) is 16. The average molecular weight is 1050 g/mol. The van der Waals surface area contributed by atoms with Gasteiger partial charge in [-0.25, -0.2) is 0 Å². The molecule has 18 nitrogen and oxygen atoms in total. The molecule has 8 rings (SSSR count). The molecule has 0 amide bonds. The molecule has 0 radical (unpaired) electrons. The molecule has 8 aromatic carbocycles. The number of hydrogen-bond donors (Lipinski definition) is 4. The summed E-state index contributed by atoms with van der Waals surface area (Å²) >= 11 is 0. The number of nitrogens with zero attached hydrogens (tertiary/aromatic N) is 8. The smallest absolute Gasteiger partial charge is 0.264 e. The van der Waals surface area contributed by atoms with Gasteiger partial charge in [-0.3, -0.25) is 9.11 Å². The number of aryl methyl sites for hydroxylation is 5. The molecule has 0 bridgehead atoms. The summed E-state index contributed by atoms with van der Waals surface area (Å²) in [5, 5.41) is 53.8. The summed E-state index contributed by atoms with van der Waals surface area (Å²) < 4.78 is 75.4. The monoisotopic (exact) mass is 1050 g/mol. The normalized spacial score (nSPS) is 12.3. The van der Waals surface area contributed by atoms with Crippen molar-refractivity contribution in [1.82, 2.24) is 0 Å². The number of nitrogens with one attached hydrogen (secondary N) is 1. The van der Waals surface area contributed by atoms with Gasteiger partial charge in [0.15, 0.2) is 5.75 Å². The van der Waals surface area contributed by atoms with Gasteiger partial charge in [0.25, 0.3) is 20.2 Å². The van der Waals surface area contributed by atoms with Crippen molar-refractivity contribution >= 4 is 98.7 Å². The standard InChI is InChI=1S/C55H53N9O9S2/c1-34-27-48(35(2)26-47(34)60-58-46-21-17-40-31-42(19-20-44(40)55(46)65)56-41-13-7-6-8-14-41)61-62-49-28-37(4)50(29-36(49)3)63-64-52-30-38(5)51(33-54(52)73-23-11-25-75(69,70)71)59-57-43-18-16-39-12-9-15-53(45(39)32-43)72-22-10-24-74(66,67)68/h6-9,12-21,26-33,56,65H,10-11,22-25H2,1-5H3,(H,66,67,68)(H,69,70,71). The first-order valence-electron chi connectivity index (χ1n) is 23.7. The second-order valence-electron chi connectivity index (χ2n) is 17.8. The second kappa shape index (κ2) is 23.3. The molecule has 20 heteroatoms. The Kier molecular flexibility index (Phi) is 16.5. The van der Waals surface area contributed by atoms with E-state index in [-0.39, 0.29) is 37.6 Å². The summed E-state index contributed by atoms with van der Waals surface area (Å²) in [6, 6.07) is 40.9. The maximum atomic E-state index is 11.4. The number of fused-ring (bicyclic) bond motifs is 2. The van der Waals surface area contributed by atoms with Crippen LogP contribution in [0.3, 0.4) is 0 Å². The number of phenolic OH excluding ortho intramolecular Hbond substituents is 1. The Bertz CT molecular complexity index is 3800. The van der Waals surface area contributed by atoms with Gasteiger partial charge >= 0.3 is 0 Å². The number of azo groups is 4.